The van der Waals surface area contributed by atoms with Crippen LogP contribution in [0, 0.1) is 0 Å². The lowest BCUT2D eigenvalue weighted by Crippen LogP contribution is -2.15. The maximum Gasteiger partial charge on any atom is 0.214 e. The zero-order valence-electron chi connectivity index (χ0n) is 12.4. The Bertz CT molecular complexity index is 398. The van der Waals surface area contributed by atoms with Crippen molar-refractivity contribution in [2.24, 2.45) is 0 Å². The van der Waals surface area contributed by atoms with E-state index in [9.17, 15) is 0 Å². The molecule has 3 heteroatoms. The number of pyridine rings is 1. The van der Waals surface area contributed by atoms with Crippen LogP contribution in [0.5, 0.6) is 5.88 Å². The molecule has 1 aliphatic carbocycles. The Morgan fingerprint density at radius 1 is 1.32 bits per heavy atom. The predicted octanol–water partition coefficient (Wildman–Crippen LogP) is 3.64. The predicted molar refractivity (Wildman–Crippen MR) is 78.6 cm³/mol. The number of hydrogen-bond donors (Lipinski definition) is 1. The van der Waals surface area contributed by atoms with Crippen LogP contribution in [0.4, 0.5) is 0 Å². The summed E-state index contributed by atoms with van der Waals surface area (Å²) < 4.78 is 6.05. The van der Waals surface area contributed by atoms with Gasteiger partial charge in [0.15, 0.2) is 0 Å². The summed E-state index contributed by atoms with van der Waals surface area (Å²) in [5.74, 6) is 1.25. The van der Waals surface area contributed by atoms with Gasteiger partial charge in [-0.3, -0.25) is 0 Å². The molecule has 1 aromatic heterocycles. The summed E-state index contributed by atoms with van der Waals surface area (Å²) >= 11 is 0. The van der Waals surface area contributed by atoms with E-state index in [1.54, 1.807) is 0 Å². The first kappa shape index (κ1) is 14.3. The molecule has 0 bridgehead atoms. The van der Waals surface area contributed by atoms with Gasteiger partial charge in [-0.25, -0.2) is 4.98 Å². The Morgan fingerprint density at radius 2 is 2.05 bits per heavy atom. The van der Waals surface area contributed by atoms with Gasteiger partial charge in [-0.2, -0.15) is 0 Å². The first-order chi connectivity index (χ1) is 9.19. The van der Waals surface area contributed by atoms with Crippen LogP contribution in [0.3, 0.4) is 0 Å². The van der Waals surface area contributed by atoms with Crippen molar-refractivity contribution < 1.29 is 4.74 Å². The fourth-order valence-electron chi connectivity index (χ4n) is 2.49. The van der Waals surface area contributed by atoms with Gasteiger partial charge in [-0.1, -0.05) is 20.8 Å². The first-order valence-corrected chi connectivity index (χ1v) is 7.57. The van der Waals surface area contributed by atoms with Crippen LogP contribution >= 0.6 is 0 Å². The fourth-order valence-corrected chi connectivity index (χ4v) is 2.49. The highest BCUT2D eigenvalue weighted by molar-refractivity contribution is 5.27. The minimum atomic E-state index is 0.377. The summed E-state index contributed by atoms with van der Waals surface area (Å²) in [6.07, 6.45) is 5.31. The number of aromatic nitrogens is 1. The van der Waals surface area contributed by atoms with Gasteiger partial charge in [0.05, 0.1) is 0 Å². The largest absolute Gasteiger partial charge is 0.474 e. The molecule has 0 saturated heterocycles. The lowest BCUT2D eigenvalue weighted by Gasteiger charge is -2.16. The summed E-state index contributed by atoms with van der Waals surface area (Å²) in [5, 5.41) is 3.37. The minimum Gasteiger partial charge on any atom is -0.474 e. The van der Waals surface area contributed by atoms with Crippen molar-refractivity contribution >= 4 is 0 Å². The number of hydrogen-bond acceptors (Lipinski definition) is 3. The van der Waals surface area contributed by atoms with E-state index in [4.69, 9.17) is 4.74 Å². The third-order valence-electron chi connectivity index (χ3n) is 3.64. The molecule has 1 aliphatic rings. The number of ether oxygens (including phenoxy) is 1. The summed E-state index contributed by atoms with van der Waals surface area (Å²) in [6.45, 7) is 8.36. The van der Waals surface area contributed by atoms with E-state index in [1.165, 1.54) is 31.2 Å². The van der Waals surface area contributed by atoms with E-state index < -0.39 is 0 Å². The smallest absolute Gasteiger partial charge is 0.214 e. The van der Waals surface area contributed by atoms with Gasteiger partial charge >= 0.3 is 0 Å². The second kappa shape index (κ2) is 6.90. The molecule has 0 aromatic carbocycles. The number of nitrogens with zero attached hydrogens (tertiary/aromatic N) is 1. The Balaban J connectivity index is 2.12. The van der Waals surface area contributed by atoms with E-state index in [0.29, 0.717) is 12.0 Å². The Morgan fingerprint density at radius 3 is 2.68 bits per heavy atom. The number of nitrogens with one attached hydrogen (secondary N) is 1. The Hall–Kier alpha value is -1.09. The summed E-state index contributed by atoms with van der Waals surface area (Å²) in [4.78, 5) is 4.65. The van der Waals surface area contributed by atoms with Gasteiger partial charge in [-0.05, 0) is 49.8 Å². The van der Waals surface area contributed by atoms with Gasteiger partial charge in [0.1, 0.15) is 6.10 Å². The highest BCUT2D eigenvalue weighted by Gasteiger charge is 2.18. The van der Waals surface area contributed by atoms with Crippen molar-refractivity contribution in [3.8, 4) is 5.88 Å². The van der Waals surface area contributed by atoms with E-state index in [1.807, 2.05) is 0 Å². The van der Waals surface area contributed by atoms with Crippen molar-refractivity contribution in [1.82, 2.24) is 10.3 Å². The van der Waals surface area contributed by atoms with Crippen molar-refractivity contribution in [2.75, 3.05) is 6.54 Å². The molecule has 0 aliphatic heterocycles. The molecule has 3 nitrogen and oxygen atoms in total. The molecular formula is C16H26N2O. The standard InChI is InChI=1S/C16H26N2O/c1-4-17-11-13-9-15(12(2)3)18-16(10-13)19-14-7-5-6-8-14/h9-10,12,14,17H,4-8,11H2,1-3H3. The van der Waals surface area contributed by atoms with E-state index in [0.717, 1.165) is 24.7 Å². The van der Waals surface area contributed by atoms with Gasteiger partial charge < -0.3 is 10.1 Å². The lowest BCUT2D eigenvalue weighted by atomic mass is 10.1. The third-order valence-corrected chi connectivity index (χ3v) is 3.64. The maximum absolute atomic E-state index is 6.05. The molecule has 1 saturated carbocycles. The van der Waals surface area contributed by atoms with Crippen LogP contribution in [0.15, 0.2) is 12.1 Å². The SMILES string of the molecule is CCNCc1cc(OC2CCCC2)nc(C(C)C)c1. The van der Waals surface area contributed by atoms with E-state index in [2.05, 4.69) is 43.2 Å². The molecule has 19 heavy (non-hydrogen) atoms. The maximum atomic E-state index is 6.05. The second-order valence-corrected chi connectivity index (χ2v) is 5.70. The minimum absolute atomic E-state index is 0.377. The molecular weight excluding hydrogens is 236 g/mol. The van der Waals surface area contributed by atoms with Crippen LogP contribution in [0.1, 0.15) is 63.6 Å². The molecule has 0 atom stereocenters. The Kier molecular flexibility index (Phi) is 5.20. The van der Waals surface area contributed by atoms with E-state index >= 15 is 0 Å². The monoisotopic (exact) mass is 262 g/mol. The number of rotatable bonds is 6. The molecule has 0 unspecified atom stereocenters. The molecule has 1 N–H and O–H groups in total. The average molecular weight is 262 g/mol. The van der Waals surface area contributed by atoms with Crippen molar-refractivity contribution in [1.29, 1.82) is 0 Å². The van der Waals surface area contributed by atoms with Crippen LogP contribution < -0.4 is 10.1 Å². The van der Waals surface area contributed by atoms with Gasteiger partial charge in [-0.15, -0.1) is 0 Å². The summed E-state index contributed by atoms with van der Waals surface area (Å²) in [7, 11) is 0. The second-order valence-electron chi connectivity index (χ2n) is 5.70. The molecule has 106 valence electrons. The van der Waals surface area contributed by atoms with Crippen LogP contribution in [-0.2, 0) is 6.54 Å². The fraction of sp³-hybridized carbons (Fsp3) is 0.688. The highest BCUT2D eigenvalue weighted by atomic mass is 16.5. The molecule has 0 radical (unpaired) electrons. The highest BCUT2D eigenvalue weighted by Crippen LogP contribution is 2.25. The molecule has 1 heterocycles. The normalized spacial score (nSPS) is 16.2. The molecule has 1 fully saturated rings. The zero-order valence-corrected chi connectivity index (χ0v) is 12.4. The van der Waals surface area contributed by atoms with Crippen LogP contribution in [0.2, 0.25) is 0 Å². The Labute approximate surface area is 116 Å². The average Bonchev–Trinajstić information content (AvgIpc) is 2.89. The van der Waals surface area contributed by atoms with E-state index in [-0.39, 0.29) is 0 Å². The summed E-state index contributed by atoms with van der Waals surface area (Å²) in [5.41, 5.74) is 2.40. The first-order valence-electron chi connectivity index (χ1n) is 7.57. The zero-order chi connectivity index (χ0) is 13.7. The topological polar surface area (TPSA) is 34.1 Å². The molecule has 0 spiro atoms. The third kappa shape index (κ3) is 4.20. The van der Waals surface area contributed by atoms with Gasteiger partial charge in [0, 0.05) is 18.3 Å². The lowest BCUT2D eigenvalue weighted by molar-refractivity contribution is 0.200. The molecule has 2 rings (SSSR count). The van der Waals surface area contributed by atoms with Crippen LogP contribution in [0.25, 0.3) is 0 Å². The van der Waals surface area contributed by atoms with Gasteiger partial charge in [0.25, 0.3) is 0 Å². The molecule has 1 aromatic rings. The van der Waals surface area contributed by atoms with Crippen molar-refractivity contribution in [3.63, 3.8) is 0 Å². The van der Waals surface area contributed by atoms with Crippen molar-refractivity contribution in [3.05, 3.63) is 23.4 Å². The quantitative estimate of drug-likeness (QED) is 0.850. The van der Waals surface area contributed by atoms with Crippen molar-refractivity contribution in [2.45, 2.75) is 65.0 Å². The van der Waals surface area contributed by atoms with Gasteiger partial charge in [0.2, 0.25) is 5.88 Å². The summed E-state index contributed by atoms with van der Waals surface area (Å²) in [6, 6.07) is 4.28. The molecule has 0 amide bonds. The van der Waals surface area contributed by atoms with Crippen LogP contribution in [-0.4, -0.2) is 17.6 Å².